The largest absolute Gasteiger partial charge is 0.496 e. The topological polar surface area (TPSA) is 46.5 Å². The second-order valence-corrected chi connectivity index (χ2v) is 4.30. The van der Waals surface area contributed by atoms with E-state index in [1.807, 2.05) is 26.0 Å². The Bertz CT molecular complexity index is 401. The van der Waals surface area contributed by atoms with E-state index in [-0.39, 0.29) is 6.42 Å². The lowest BCUT2D eigenvalue weighted by molar-refractivity contribution is -0.137. The first-order valence-electron chi connectivity index (χ1n) is 4.96. The van der Waals surface area contributed by atoms with Crippen LogP contribution in [0.1, 0.15) is 28.5 Å². The Labute approximate surface area is 100.0 Å². The summed E-state index contributed by atoms with van der Waals surface area (Å²) in [6.07, 6.45) is -0.110. The minimum absolute atomic E-state index is 0.110. The van der Waals surface area contributed by atoms with Crippen molar-refractivity contribution < 1.29 is 14.6 Å². The van der Waals surface area contributed by atoms with Gasteiger partial charge in [0.2, 0.25) is 0 Å². The lowest BCUT2D eigenvalue weighted by Crippen LogP contribution is -2.04. The number of aliphatic carboxylic acids is 1. The van der Waals surface area contributed by atoms with Gasteiger partial charge < -0.3 is 9.84 Å². The number of carboxylic acids is 1. The normalized spacial score (nSPS) is 12.2. The third kappa shape index (κ3) is 2.89. The van der Waals surface area contributed by atoms with E-state index in [0.717, 1.165) is 16.7 Å². The van der Waals surface area contributed by atoms with Crippen LogP contribution >= 0.6 is 11.6 Å². The van der Waals surface area contributed by atoms with E-state index >= 15 is 0 Å². The highest BCUT2D eigenvalue weighted by Crippen LogP contribution is 2.35. The number of halogens is 1. The molecule has 1 unspecified atom stereocenters. The Morgan fingerprint density at radius 3 is 2.62 bits per heavy atom. The molecule has 0 aliphatic rings. The fraction of sp³-hybridized carbons (Fsp3) is 0.417. The number of aryl methyl sites for hydroxylation is 2. The molecule has 1 rings (SSSR count). The Kier molecular flexibility index (Phi) is 4.19. The molecule has 1 aromatic rings. The highest BCUT2D eigenvalue weighted by Gasteiger charge is 2.18. The van der Waals surface area contributed by atoms with E-state index in [1.165, 1.54) is 0 Å². The van der Waals surface area contributed by atoms with Crippen LogP contribution in [-0.2, 0) is 4.79 Å². The van der Waals surface area contributed by atoms with Gasteiger partial charge in [0.25, 0.3) is 0 Å². The Balaban J connectivity index is 3.15. The Morgan fingerprint density at radius 2 is 2.12 bits per heavy atom. The highest BCUT2D eigenvalue weighted by molar-refractivity contribution is 6.22. The maximum Gasteiger partial charge on any atom is 0.305 e. The first kappa shape index (κ1) is 12.8. The molecule has 4 heteroatoms. The van der Waals surface area contributed by atoms with E-state index in [2.05, 4.69) is 0 Å². The van der Waals surface area contributed by atoms with Crippen molar-refractivity contribution in [2.24, 2.45) is 0 Å². The molecule has 0 spiro atoms. The summed E-state index contributed by atoms with van der Waals surface area (Å²) in [7, 11) is 1.56. The van der Waals surface area contributed by atoms with Crippen LogP contribution in [0.25, 0.3) is 0 Å². The molecule has 16 heavy (non-hydrogen) atoms. The maximum absolute atomic E-state index is 10.6. The lowest BCUT2D eigenvalue weighted by atomic mass is 10.0. The zero-order chi connectivity index (χ0) is 12.3. The third-order valence-corrected chi connectivity index (χ3v) is 2.73. The molecule has 0 aliphatic heterocycles. The number of alkyl halides is 1. The van der Waals surface area contributed by atoms with Crippen molar-refractivity contribution in [3.05, 3.63) is 28.8 Å². The predicted octanol–water partition coefficient (Wildman–Crippen LogP) is 3.07. The van der Waals surface area contributed by atoms with E-state index in [0.29, 0.717) is 5.75 Å². The first-order valence-corrected chi connectivity index (χ1v) is 5.40. The van der Waals surface area contributed by atoms with Crippen LogP contribution in [0.3, 0.4) is 0 Å². The van der Waals surface area contributed by atoms with Gasteiger partial charge in [-0.2, -0.15) is 0 Å². The molecule has 0 saturated carbocycles. The van der Waals surface area contributed by atoms with Crippen molar-refractivity contribution in [2.75, 3.05) is 7.11 Å². The minimum atomic E-state index is -0.916. The average Bonchev–Trinajstić information content (AvgIpc) is 2.15. The number of methoxy groups -OCH3 is 1. The van der Waals surface area contributed by atoms with Crippen LogP contribution < -0.4 is 4.74 Å². The summed E-state index contributed by atoms with van der Waals surface area (Å²) >= 11 is 6.07. The van der Waals surface area contributed by atoms with Crippen LogP contribution in [0, 0.1) is 13.8 Å². The molecule has 1 aromatic carbocycles. The summed E-state index contributed by atoms with van der Waals surface area (Å²) < 4.78 is 5.26. The molecule has 0 fully saturated rings. The van der Waals surface area contributed by atoms with Crippen molar-refractivity contribution in [3.8, 4) is 5.75 Å². The Hall–Kier alpha value is -1.22. The Morgan fingerprint density at radius 1 is 1.50 bits per heavy atom. The molecule has 0 aromatic heterocycles. The summed E-state index contributed by atoms with van der Waals surface area (Å²) in [6, 6.07) is 3.85. The monoisotopic (exact) mass is 242 g/mol. The minimum Gasteiger partial charge on any atom is -0.496 e. The second kappa shape index (κ2) is 5.21. The van der Waals surface area contributed by atoms with E-state index < -0.39 is 11.3 Å². The van der Waals surface area contributed by atoms with Crippen molar-refractivity contribution in [2.45, 2.75) is 25.6 Å². The van der Waals surface area contributed by atoms with Gasteiger partial charge in [-0.25, -0.2) is 0 Å². The number of ether oxygens (including phenoxy) is 1. The van der Waals surface area contributed by atoms with Crippen molar-refractivity contribution in [3.63, 3.8) is 0 Å². The van der Waals surface area contributed by atoms with E-state index in [1.54, 1.807) is 7.11 Å². The number of carboxylic acid groups (broad SMARTS) is 1. The van der Waals surface area contributed by atoms with Crippen molar-refractivity contribution in [1.82, 2.24) is 0 Å². The van der Waals surface area contributed by atoms with Crippen molar-refractivity contribution in [1.29, 1.82) is 0 Å². The van der Waals surface area contributed by atoms with Crippen LogP contribution in [0.2, 0.25) is 0 Å². The number of benzene rings is 1. The molecular weight excluding hydrogens is 228 g/mol. The fourth-order valence-electron chi connectivity index (χ4n) is 1.76. The molecule has 1 N–H and O–H groups in total. The average molecular weight is 243 g/mol. The molecule has 0 aliphatic carbocycles. The summed E-state index contributed by atoms with van der Waals surface area (Å²) in [5, 5.41) is 8.16. The van der Waals surface area contributed by atoms with Gasteiger partial charge in [-0.15, -0.1) is 11.6 Å². The second-order valence-electron chi connectivity index (χ2n) is 3.77. The maximum atomic E-state index is 10.6. The number of carbonyl (C=O) groups is 1. The fourth-order valence-corrected chi connectivity index (χ4v) is 2.06. The molecule has 0 bridgehead atoms. The lowest BCUT2D eigenvalue weighted by Gasteiger charge is -2.15. The van der Waals surface area contributed by atoms with Gasteiger partial charge in [0, 0.05) is 5.56 Å². The van der Waals surface area contributed by atoms with E-state index in [4.69, 9.17) is 21.4 Å². The zero-order valence-electron chi connectivity index (χ0n) is 9.58. The zero-order valence-corrected chi connectivity index (χ0v) is 10.3. The van der Waals surface area contributed by atoms with Crippen LogP contribution in [0.4, 0.5) is 0 Å². The number of hydrogen-bond acceptors (Lipinski definition) is 2. The molecule has 88 valence electrons. The van der Waals surface area contributed by atoms with E-state index in [9.17, 15) is 4.79 Å². The third-order valence-electron chi connectivity index (χ3n) is 2.34. The molecule has 0 heterocycles. The van der Waals surface area contributed by atoms with Gasteiger partial charge >= 0.3 is 5.97 Å². The molecule has 0 saturated heterocycles. The van der Waals surface area contributed by atoms with Gasteiger partial charge in [-0.1, -0.05) is 17.7 Å². The standard InChI is InChI=1S/C12H15ClO3/c1-7-4-8(2)12(16-3)9(5-7)10(13)6-11(14)15/h4-5,10H,6H2,1-3H3,(H,14,15). The summed E-state index contributed by atoms with van der Waals surface area (Å²) in [5.41, 5.74) is 2.75. The smallest absolute Gasteiger partial charge is 0.305 e. The predicted molar refractivity (Wildman–Crippen MR) is 63.3 cm³/mol. The summed E-state index contributed by atoms with van der Waals surface area (Å²) in [5.74, 6) is -0.243. The van der Waals surface area contributed by atoms with Gasteiger partial charge in [0.1, 0.15) is 5.75 Å². The van der Waals surface area contributed by atoms with Crippen LogP contribution in [0.5, 0.6) is 5.75 Å². The summed E-state index contributed by atoms with van der Waals surface area (Å²) in [6.45, 7) is 3.86. The highest BCUT2D eigenvalue weighted by atomic mass is 35.5. The quantitative estimate of drug-likeness (QED) is 0.826. The number of rotatable bonds is 4. The number of hydrogen-bond donors (Lipinski definition) is 1. The SMILES string of the molecule is COc1c(C)cc(C)cc1C(Cl)CC(=O)O. The first-order chi connectivity index (χ1) is 7.45. The van der Waals surface area contributed by atoms with Crippen LogP contribution in [-0.4, -0.2) is 18.2 Å². The van der Waals surface area contributed by atoms with Crippen LogP contribution in [0.15, 0.2) is 12.1 Å². The van der Waals surface area contributed by atoms with Gasteiger partial charge in [-0.3, -0.25) is 4.79 Å². The van der Waals surface area contributed by atoms with Crippen molar-refractivity contribution >= 4 is 17.6 Å². The molecule has 0 amide bonds. The molecule has 0 radical (unpaired) electrons. The van der Waals surface area contributed by atoms with Gasteiger partial charge in [0.15, 0.2) is 0 Å². The molecule has 1 atom stereocenters. The van der Waals surface area contributed by atoms with Gasteiger partial charge in [-0.05, 0) is 19.4 Å². The van der Waals surface area contributed by atoms with Gasteiger partial charge in [0.05, 0.1) is 18.9 Å². The molecule has 3 nitrogen and oxygen atoms in total. The molecular formula is C12H15ClO3. The summed E-state index contributed by atoms with van der Waals surface area (Å²) in [4.78, 5) is 10.6.